The van der Waals surface area contributed by atoms with Crippen molar-refractivity contribution in [3.63, 3.8) is 0 Å². The maximum atomic E-state index is 12.2. The molecule has 2 rings (SSSR count). The zero-order valence-corrected chi connectivity index (χ0v) is 11.3. The Morgan fingerprint density at radius 3 is 2.47 bits per heavy atom. The van der Waals surface area contributed by atoms with E-state index in [4.69, 9.17) is 4.42 Å². The molecular formula is C14H15F2NOS. The van der Waals surface area contributed by atoms with Crippen molar-refractivity contribution in [3.05, 3.63) is 48.4 Å². The SMILES string of the molecule is CCC(Nc1ccc(SC(F)F)cc1)c1ccco1. The smallest absolute Gasteiger partial charge is 0.288 e. The number of furan rings is 1. The molecule has 1 N–H and O–H groups in total. The highest BCUT2D eigenvalue weighted by atomic mass is 32.2. The molecule has 0 fully saturated rings. The van der Waals surface area contributed by atoms with Crippen LogP contribution in [-0.2, 0) is 0 Å². The molecule has 2 nitrogen and oxygen atoms in total. The fourth-order valence-corrected chi connectivity index (χ4v) is 2.30. The summed E-state index contributed by atoms with van der Waals surface area (Å²) in [4.78, 5) is 0.562. The Hall–Kier alpha value is -1.49. The van der Waals surface area contributed by atoms with Crippen molar-refractivity contribution in [2.24, 2.45) is 0 Å². The summed E-state index contributed by atoms with van der Waals surface area (Å²) in [6, 6.07) is 10.8. The molecule has 0 amide bonds. The van der Waals surface area contributed by atoms with Gasteiger partial charge in [-0.15, -0.1) is 0 Å². The molecular weight excluding hydrogens is 268 g/mol. The fraction of sp³-hybridized carbons (Fsp3) is 0.286. The van der Waals surface area contributed by atoms with E-state index >= 15 is 0 Å². The summed E-state index contributed by atoms with van der Waals surface area (Å²) < 4.78 is 29.8. The van der Waals surface area contributed by atoms with E-state index in [9.17, 15) is 8.78 Å². The van der Waals surface area contributed by atoms with Crippen LogP contribution in [0.2, 0.25) is 0 Å². The van der Waals surface area contributed by atoms with Crippen LogP contribution in [0.3, 0.4) is 0 Å². The summed E-state index contributed by atoms with van der Waals surface area (Å²) in [6.07, 6.45) is 2.52. The van der Waals surface area contributed by atoms with E-state index in [1.54, 1.807) is 30.5 Å². The summed E-state index contributed by atoms with van der Waals surface area (Å²) >= 11 is 0.550. The number of anilines is 1. The summed E-state index contributed by atoms with van der Waals surface area (Å²) in [5, 5.41) is 3.32. The topological polar surface area (TPSA) is 25.2 Å². The van der Waals surface area contributed by atoms with E-state index < -0.39 is 5.76 Å². The summed E-state index contributed by atoms with van der Waals surface area (Å²) in [6.45, 7) is 2.06. The van der Waals surface area contributed by atoms with Gasteiger partial charge in [0.05, 0.1) is 12.3 Å². The third kappa shape index (κ3) is 3.99. The highest BCUT2D eigenvalue weighted by molar-refractivity contribution is 7.99. The van der Waals surface area contributed by atoms with Crippen LogP contribution in [-0.4, -0.2) is 5.76 Å². The van der Waals surface area contributed by atoms with E-state index in [0.29, 0.717) is 16.7 Å². The Bertz CT molecular complexity index is 485. The van der Waals surface area contributed by atoms with E-state index in [1.165, 1.54) is 0 Å². The molecule has 1 unspecified atom stereocenters. The predicted octanol–water partition coefficient (Wildman–Crippen LogP) is 5.16. The lowest BCUT2D eigenvalue weighted by molar-refractivity contribution is 0.252. The summed E-state index contributed by atoms with van der Waals surface area (Å²) in [5.74, 6) is -1.51. The highest BCUT2D eigenvalue weighted by Gasteiger charge is 2.12. The monoisotopic (exact) mass is 283 g/mol. The van der Waals surface area contributed by atoms with E-state index in [0.717, 1.165) is 17.9 Å². The van der Waals surface area contributed by atoms with Gasteiger partial charge in [-0.25, -0.2) is 0 Å². The van der Waals surface area contributed by atoms with E-state index in [1.807, 2.05) is 12.1 Å². The molecule has 2 aromatic rings. The normalized spacial score (nSPS) is 12.6. The lowest BCUT2D eigenvalue weighted by Crippen LogP contribution is -2.08. The van der Waals surface area contributed by atoms with Crippen LogP contribution in [0.15, 0.2) is 52.0 Å². The van der Waals surface area contributed by atoms with Crippen molar-refractivity contribution >= 4 is 17.4 Å². The molecule has 1 heterocycles. The molecule has 0 spiro atoms. The second-order valence-electron chi connectivity index (χ2n) is 4.02. The molecule has 0 aliphatic heterocycles. The number of hydrogen-bond acceptors (Lipinski definition) is 3. The zero-order chi connectivity index (χ0) is 13.7. The molecule has 0 radical (unpaired) electrons. The van der Waals surface area contributed by atoms with Gasteiger partial charge in [0.2, 0.25) is 0 Å². The second-order valence-corrected chi connectivity index (χ2v) is 5.09. The molecule has 1 aromatic heterocycles. The van der Waals surface area contributed by atoms with Crippen molar-refractivity contribution in [3.8, 4) is 0 Å². The van der Waals surface area contributed by atoms with Crippen LogP contribution in [0, 0.1) is 0 Å². The van der Waals surface area contributed by atoms with Gasteiger partial charge in [-0.2, -0.15) is 8.78 Å². The van der Waals surface area contributed by atoms with Gasteiger partial charge >= 0.3 is 0 Å². The van der Waals surface area contributed by atoms with Gasteiger partial charge in [0.1, 0.15) is 5.76 Å². The van der Waals surface area contributed by atoms with Crippen molar-refractivity contribution in [1.82, 2.24) is 0 Å². The van der Waals surface area contributed by atoms with Gasteiger partial charge in [0.25, 0.3) is 5.76 Å². The number of alkyl halides is 2. The summed E-state index contributed by atoms with van der Waals surface area (Å²) in [7, 11) is 0. The molecule has 5 heteroatoms. The number of benzene rings is 1. The first-order valence-electron chi connectivity index (χ1n) is 6.04. The predicted molar refractivity (Wildman–Crippen MR) is 73.7 cm³/mol. The van der Waals surface area contributed by atoms with Gasteiger partial charge in [-0.05, 0) is 42.8 Å². The third-order valence-corrected chi connectivity index (χ3v) is 3.44. The van der Waals surface area contributed by atoms with Gasteiger partial charge < -0.3 is 9.73 Å². The number of thioether (sulfide) groups is 1. The van der Waals surface area contributed by atoms with Crippen LogP contribution >= 0.6 is 11.8 Å². The maximum absolute atomic E-state index is 12.2. The van der Waals surface area contributed by atoms with Crippen LogP contribution in [0.25, 0.3) is 0 Å². The Labute approximate surface area is 115 Å². The number of halogens is 2. The maximum Gasteiger partial charge on any atom is 0.288 e. The molecule has 1 aromatic carbocycles. The molecule has 0 aliphatic carbocycles. The molecule has 0 saturated heterocycles. The first-order valence-corrected chi connectivity index (χ1v) is 6.92. The standard InChI is InChI=1S/C14H15F2NOS/c1-2-12(13-4-3-9-18-13)17-10-5-7-11(8-6-10)19-14(15)16/h3-9,12,14,17H,2H2,1H3. The van der Waals surface area contributed by atoms with Crippen LogP contribution in [0.1, 0.15) is 25.1 Å². The Morgan fingerprint density at radius 1 is 1.21 bits per heavy atom. The zero-order valence-electron chi connectivity index (χ0n) is 10.5. The number of hydrogen-bond donors (Lipinski definition) is 1. The van der Waals surface area contributed by atoms with Crippen molar-refractivity contribution in [1.29, 1.82) is 0 Å². The lowest BCUT2D eigenvalue weighted by atomic mass is 10.1. The third-order valence-electron chi connectivity index (χ3n) is 2.72. The minimum atomic E-state index is -2.38. The van der Waals surface area contributed by atoms with Gasteiger partial charge in [0, 0.05) is 10.6 Å². The average molecular weight is 283 g/mol. The van der Waals surface area contributed by atoms with Crippen molar-refractivity contribution in [2.75, 3.05) is 5.32 Å². The van der Waals surface area contributed by atoms with Crippen LogP contribution in [0.4, 0.5) is 14.5 Å². The van der Waals surface area contributed by atoms with E-state index in [-0.39, 0.29) is 6.04 Å². The molecule has 1 atom stereocenters. The minimum Gasteiger partial charge on any atom is -0.467 e. The van der Waals surface area contributed by atoms with Crippen molar-refractivity contribution < 1.29 is 13.2 Å². The van der Waals surface area contributed by atoms with Crippen LogP contribution < -0.4 is 5.32 Å². The van der Waals surface area contributed by atoms with E-state index in [2.05, 4.69) is 12.2 Å². The minimum absolute atomic E-state index is 0.0867. The number of rotatable bonds is 6. The summed E-state index contributed by atoms with van der Waals surface area (Å²) in [5.41, 5.74) is 0.891. The Morgan fingerprint density at radius 2 is 1.95 bits per heavy atom. The number of nitrogens with one attached hydrogen (secondary N) is 1. The first-order chi connectivity index (χ1) is 9.19. The Kier molecular flexibility index (Phi) is 4.85. The quantitative estimate of drug-likeness (QED) is 0.741. The Balaban J connectivity index is 2.02. The van der Waals surface area contributed by atoms with Gasteiger partial charge in [-0.3, -0.25) is 0 Å². The molecule has 0 saturated carbocycles. The molecule has 102 valence electrons. The first kappa shape index (κ1) is 13.9. The lowest BCUT2D eigenvalue weighted by Gasteiger charge is -2.16. The largest absolute Gasteiger partial charge is 0.467 e. The van der Waals surface area contributed by atoms with Crippen LogP contribution in [0.5, 0.6) is 0 Å². The van der Waals surface area contributed by atoms with Gasteiger partial charge in [-0.1, -0.05) is 18.7 Å². The van der Waals surface area contributed by atoms with Crippen molar-refractivity contribution in [2.45, 2.75) is 30.0 Å². The molecule has 0 bridgehead atoms. The molecule has 19 heavy (non-hydrogen) atoms. The van der Waals surface area contributed by atoms with Gasteiger partial charge in [0.15, 0.2) is 0 Å². The molecule has 0 aliphatic rings. The fourth-order valence-electron chi connectivity index (χ4n) is 1.80. The average Bonchev–Trinajstić information content (AvgIpc) is 2.91. The second kappa shape index (κ2) is 6.61. The highest BCUT2D eigenvalue weighted by Crippen LogP contribution is 2.28.